The second-order valence-corrected chi connectivity index (χ2v) is 4.99. The van der Waals surface area contributed by atoms with Crippen LogP contribution in [-0.2, 0) is 13.6 Å². The van der Waals surface area contributed by atoms with Crippen LogP contribution in [0.1, 0.15) is 5.82 Å². The van der Waals surface area contributed by atoms with Crippen molar-refractivity contribution in [3.63, 3.8) is 0 Å². The van der Waals surface area contributed by atoms with Gasteiger partial charge in [0.2, 0.25) is 0 Å². The van der Waals surface area contributed by atoms with E-state index in [4.69, 9.17) is 0 Å². The lowest BCUT2D eigenvalue weighted by molar-refractivity contribution is 0.703. The molecule has 0 aliphatic rings. The van der Waals surface area contributed by atoms with Gasteiger partial charge in [0, 0.05) is 13.2 Å². The Labute approximate surface area is 122 Å². The van der Waals surface area contributed by atoms with Gasteiger partial charge in [0.05, 0.1) is 18.4 Å². The largest absolute Gasteiger partial charge is 0.375 e. The molecule has 0 aliphatic carbocycles. The van der Waals surface area contributed by atoms with Crippen LogP contribution in [0.3, 0.4) is 0 Å². The van der Waals surface area contributed by atoms with E-state index >= 15 is 0 Å². The number of rotatable bonds is 3. The van der Waals surface area contributed by atoms with Crippen molar-refractivity contribution >= 4 is 27.3 Å². The van der Waals surface area contributed by atoms with Gasteiger partial charge < -0.3 is 5.32 Å². The highest BCUT2D eigenvalue weighted by Crippen LogP contribution is 2.16. The summed E-state index contributed by atoms with van der Waals surface area (Å²) >= 11 is 3.27. The van der Waals surface area contributed by atoms with E-state index in [0.29, 0.717) is 16.7 Å². The highest BCUT2D eigenvalue weighted by Gasteiger charge is 2.08. The molecule has 0 amide bonds. The van der Waals surface area contributed by atoms with Crippen molar-refractivity contribution in [2.45, 2.75) is 6.54 Å². The fourth-order valence-corrected chi connectivity index (χ4v) is 2.32. The molecule has 0 atom stereocenters. The van der Waals surface area contributed by atoms with Crippen molar-refractivity contribution in [2.24, 2.45) is 7.05 Å². The molecule has 102 valence electrons. The molecule has 3 rings (SSSR count). The predicted molar refractivity (Wildman–Crippen MR) is 77.5 cm³/mol. The number of aromatic nitrogens is 5. The van der Waals surface area contributed by atoms with Crippen molar-refractivity contribution in [3.8, 4) is 0 Å². The summed E-state index contributed by atoms with van der Waals surface area (Å²) in [6.45, 7) is 0.443. The zero-order valence-electron chi connectivity index (χ0n) is 10.6. The lowest BCUT2D eigenvalue weighted by Crippen LogP contribution is -2.21. The second kappa shape index (κ2) is 5.04. The minimum atomic E-state index is -0.193. The molecule has 3 aromatic rings. The van der Waals surface area contributed by atoms with Gasteiger partial charge in [-0.15, -0.1) is 10.2 Å². The second-order valence-electron chi connectivity index (χ2n) is 4.20. The molecule has 3 heterocycles. The Morgan fingerprint density at radius 2 is 2.20 bits per heavy atom. The minimum Gasteiger partial charge on any atom is -0.375 e. The van der Waals surface area contributed by atoms with Gasteiger partial charge in [0.1, 0.15) is 4.47 Å². The van der Waals surface area contributed by atoms with Crippen LogP contribution in [0.15, 0.2) is 39.9 Å². The molecule has 20 heavy (non-hydrogen) atoms. The third-order valence-corrected chi connectivity index (χ3v) is 3.67. The van der Waals surface area contributed by atoms with Gasteiger partial charge in [-0.2, -0.15) is 5.10 Å². The normalized spacial score (nSPS) is 10.9. The van der Waals surface area contributed by atoms with E-state index in [0.717, 1.165) is 11.5 Å². The van der Waals surface area contributed by atoms with Gasteiger partial charge in [-0.25, -0.2) is 4.68 Å². The smallest absolute Gasteiger partial charge is 0.282 e. The number of hydrogen-bond donors (Lipinski definition) is 1. The molecule has 0 saturated heterocycles. The first-order valence-electron chi connectivity index (χ1n) is 5.91. The van der Waals surface area contributed by atoms with E-state index in [1.54, 1.807) is 13.2 Å². The summed E-state index contributed by atoms with van der Waals surface area (Å²) in [5.41, 5.74) is 1.22. The average molecular weight is 335 g/mol. The number of nitrogens with zero attached hydrogens (tertiary/aromatic N) is 5. The number of halogens is 1. The standard InChI is InChI=1S/C12H11BrN6O/c1-18-12(20)11(13)8(6-15-18)14-7-10-17-16-9-4-2-3-5-19(9)10/h2-6,14H,7H2,1H3. The molecular formula is C12H11BrN6O. The average Bonchev–Trinajstić information content (AvgIpc) is 2.87. The van der Waals surface area contributed by atoms with Crippen LogP contribution in [0.25, 0.3) is 5.65 Å². The van der Waals surface area contributed by atoms with E-state index in [1.807, 2.05) is 28.8 Å². The molecule has 7 nitrogen and oxygen atoms in total. The van der Waals surface area contributed by atoms with Crippen molar-refractivity contribution in [1.29, 1.82) is 0 Å². The minimum absolute atomic E-state index is 0.193. The first-order chi connectivity index (χ1) is 9.66. The molecule has 0 saturated carbocycles. The van der Waals surface area contributed by atoms with Crippen LogP contribution < -0.4 is 10.9 Å². The third-order valence-electron chi connectivity index (χ3n) is 2.90. The van der Waals surface area contributed by atoms with Crippen molar-refractivity contribution < 1.29 is 0 Å². The molecule has 0 fully saturated rings. The van der Waals surface area contributed by atoms with Gasteiger partial charge in [0.25, 0.3) is 5.56 Å². The Morgan fingerprint density at radius 3 is 3.05 bits per heavy atom. The van der Waals surface area contributed by atoms with Crippen LogP contribution in [-0.4, -0.2) is 24.4 Å². The molecule has 0 aliphatic heterocycles. The van der Waals surface area contributed by atoms with Gasteiger partial charge in [-0.3, -0.25) is 9.20 Å². The number of aryl methyl sites for hydroxylation is 1. The number of fused-ring (bicyclic) bond motifs is 1. The van der Waals surface area contributed by atoms with Crippen LogP contribution in [0.2, 0.25) is 0 Å². The SMILES string of the molecule is Cn1ncc(NCc2nnc3ccccn23)c(Br)c1=O. The van der Waals surface area contributed by atoms with E-state index in [9.17, 15) is 4.79 Å². The Bertz CT molecular complexity index is 824. The van der Waals surface area contributed by atoms with Crippen molar-refractivity contribution in [2.75, 3.05) is 5.32 Å². The Balaban J connectivity index is 1.87. The molecule has 1 N–H and O–H groups in total. The Hall–Kier alpha value is -2.22. The molecule has 0 unspecified atom stereocenters. The molecule has 0 spiro atoms. The zero-order chi connectivity index (χ0) is 14.1. The summed E-state index contributed by atoms with van der Waals surface area (Å²) < 4.78 is 3.60. The summed E-state index contributed by atoms with van der Waals surface area (Å²) in [6, 6.07) is 5.70. The highest BCUT2D eigenvalue weighted by atomic mass is 79.9. The molecule has 8 heteroatoms. The summed E-state index contributed by atoms with van der Waals surface area (Å²) in [6.07, 6.45) is 3.48. The maximum Gasteiger partial charge on any atom is 0.282 e. The number of nitrogens with one attached hydrogen (secondary N) is 1. The lowest BCUT2D eigenvalue weighted by atomic mass is 10.4. The topological polar surface area (TPSA) is 77.1 Å². The van der Waals surface area contributed by atoms with Crippen molar-refractivity contribution in [3.05, 3.63) is 51.2 Å². The van der Waals surface area contributed by atoms with Gasteiger partial charge in [-0.1, -0.05) is 6.07 Å². The molecule has 3 aromatic heterocycles. The van der Waals surface area contributed by atoms with Gasteiger partial charge >= 0.3 is 0 Å². The molecule has 0 aromatic carbocycles. The quantitative estimate of drug-likeness (QED) is 0.778. The highest BCUT2D eigenvalue weighted by molar-refractivity contribution is 9.10. The van der Waals surface area contributed by atoms with Crippen LogP contribution in [0, 0.1) is 0 Å². The predicted octanol–water partition coefficient (Wildman–Crippen LogP) is 1.20. The van der Waals surface area contributed by atoms with Crippen LogP contribution in [0.5, 0.6) is 0 Å². The van der Waals surface area contributed by atoms with E-state index in [2.05, 4.69) is 36.5 Å². The lowest BCUT2D eigenvalue weighted by Gasteiger charge is -2.07. The molecule has 0 bridgehead atoms. The fourth-order valence-electron chi connectivity index (χ4n) is 1.82. The van der Waals surface area contributed by atoms with E-state index in [-0.39, 0.29) is 5.56 Å². The first kappa shape index (κ1) is 12.8. The Morgan fingerprint density at radius 1 is 1.35 bits per heavy atom. The molecule has 0 radical (unpaired) electrons. The maximum absolute atomic E-state index is 11.7. The Kier molecular flexibility index (Phi) is 3.23. The van der Waals surface area contributed by atoms with E-state index in [1.165, 1.54) is 4.68 Å². The fraction of sp³-hybridized carbons (Fsp3) is 0.167. The van der Waals surface area contributed by atoms with Crippen LogP contribution in [0.4, 0.5) is 5.69 Å². The van der Waals surface area contributed by atoms with Crippen LogP contribution >= 0.6 is 15.9 Å². The van der Waals surface area contributed by atoms with E-state index < -0.39 is 0 Å². The monoisotopic (exact) mass is 334 g/mol. The third kappa shape index (κ3) is 2.18. The van der Waals surface area contributed by atoms with Gasteiger partial charge in [0.15, 0.2) is 11.5 Å². The number of pyridine rings is 1. The zero-order valence-corrected chi connectivity index (χ0v) is 12.2. The summed E-state index contributed by atoms with van der Waals surface area (Å²) in [4.78, 5) is 11.7. The summed E-state index contributed by atoms with van der Waals surface area (Å²) in [5, 5.41) is 15.3. The first-order valence-corrected chi connectivity index (χ1v) is 6.70. The molecular weight excluding hydrogens is 324 g/mol. The summed E-state index contributed by atoms with van der Waals surface area (Å²) in [5.74, 6) is 0.758. The number of anilines is 1. The number of hydrogen-bond acceptors (Lipinski definition) is 5. The summed E-state index contributed by atoms with van der Waals surface area (Å²) in [7, 11) is 1.60. The maximum atomic E-state index is 11.7. The van der Waals surface area contributed by atoms with Crippen molar-refractivity contribution in [1.82, 2.24) is 24.4 Å². The van der Waals surface area contributed by atoms with Gasteiger partial charge in [-0.05, 0) is 28.1 Å².